The molecule has 1 aliphatic heterocycles. The molecule has 1 fully saturated rings. The molecule has 1 aliphatic carbocycles. The molecule has 2 unspecified atom stereocenters. The van der Waals surface area contributed by atoms with E-state index in [2.05, 4.69) is 4.72 Å². The van der Waals surface area contributed by atoms with Gasteiger partial charge in [0.05, 0.1) is 5.92 Å². The molecule has 2 aliphatic rings. The lowest BCUT2D eigenvalue weighted by Crippen LogP contribution is -2.45. The molecule has 19 heavy (non-hydrogen) atoms. The van der Waals surface area contributed by atoms with Crippen LogP contribution in [0.25, 0.3) is 0 Å². The molecular formula is C12H20N2O4S. The third-order valence-corrected chi connectivity index (χ3v) is 5.25. The first-order valence-corrected chi connectivity index (χ1v) is 8.11. The van der Waals surface area contributed by atoms with Crippen LogP contribution in [0.4, 0.5) is 0 Å². The second-order valence-electron chi connectivity index (χ2n) is 5.11. The number of hydrogen-bond donors (Lipinski definition) is 2. The number of nitrogens with one attached hydrogen (secondary N) is 1. The van der Waals surface area contributed by atoms with Crippen LogP contribution in [0.5, 0.6) is 0 Å². The zero-order valence-electron chi connectivity index (χ0n) is 10.8. The summed E-state index contributed by atoms with van der Waals surface area (Å²) >= 11 is 0. The second kappa shape index (κ2) is 6.02. The van der Waals surface area contributed by atoms with Gasteiger partial charge in [-0.15, -0.1) is 0 Å². The van der Waals surface area contributed by atoms with Gasteiger partial charge in [0, 0.05) is 19.1 Å². The summed E-state index contributed by atoms with van der Waals surface area (Å²) in [6.45, 7) is 1.10. The van der Waals surface area contributed by atoms with Gasteiger partial charge in [-0.3, -0.25) is 4.79 Å². The molecule has 6 nitrogen and oxygen atoms in total. The van der Waals surface area contributed by atoms with E-state index in [9.17, 15) is 13.2 Å². The summed E-state index contributed by atoms with van der Waals surface area (Å²) in [6.07, 6.45) is 7.39. The van der Waals surface area contributed by atoms with Crippen molar-refractivity contribution in [3.8, 4) is 0 Å². The van der Waals surface area contributed by atoms with Crippen molar-refractivity contribution in [3.05, 3.63) is 12.2 Å². The first-order chi connectivity index (χ1) is 8.99. The van der Waals surface area contributed by atoms with Gasteiger partial charge in [-0.2, -0.15) is 17.4 Å². The van der Waals surface area contributed by atoms with Crippen LogP contribution in [0, 0.1) is 5.92 Å². The predicted molar refractivity (Wildman–Crippen MR) is 70.8 cm³/mol. The minimum absolute atomic E-state index is 0.294. The van der Waals surface area contributed by atoms with E-state index < -0.39 is 28.1 Å². The molecular weight excluding hydrogens is 268 g/mol. The average Bonchev–Trinajstić information content (AvgIpc) is 2.63. The Morgan fingerprint density at radius 1 is 1.16 bits per heavy atom. The fourth-order valence-corrected chi connectivity index (χ4v) is 3.96. The number of carboxylic acid groups (broad SMARTS) is 1. The third-order valence-electron chi connectivity index (χ3n) is 3.61. The first-order valence-electron chi connectivity index (χ1n) is 6.67. The average molecular weight is 288 g/mol. The molecule has 0 bridgehead atoms. The van der Waals surface area contributed by atoms with E-state index in [0.29, 0.717) is 19.5 Å². The molecule has 0 radical (unpaired) electrons. The molecule has 1 saturated heterocycles. The fourth-order valence-electron chi connectivity index (χ4n) is 2.52. The molecule has 0 aromatic rings. The Morgan fingerprint density at radius 2 is 1.79 bits per heavy atom. The normalized spacial score (nSPS) is 29.3. The minimum atomic E-state index is -3.50. The van der Waals surface area contributed by atoms with Crippen LogP contribution < -0.4 is 4.72 Å². The maximum Gasteiger partial charge on any atom is 0.310 e. The van der Waals surface area contributed by atoms with Crippen LogP contribution in [-0.2, 0) is 15.0 Å². The molecule has 0 spiro atoms. The first kappa shape index (κ1) is 14.5. The zero-order valence-corrected chi connectivity index (χ0v) is 11.6. The summed E-state index contributed by atoms with van der Waals surface area (Å²) in [5.74, 6) is -1.50. The molecule has 0 amide bonds. The lowest BCUT2D eigenvalue weighted by Gasteiger charge is -2.22. The quantitative estimate of drug-likeness (QED) is 0.747. The number of hydrogen-bond acceptors (Lipinski definition) is 3. The topological polar surface area (TPSA) is 86.7 Å². The van der Waals surface area contributed by atoms with Gasteiger partial charge in [-0.25, -0.2) is 0 Å². The van der Waals surface area contributed by atoms with Crippen molar-refractivity contribution in [1.29, 1.82) is 0 Å². The number of carboxylic acids is 1. The lowest BCUT2D eigenvalue weighted by atomic mass is 10.1. The van der Waals surface area contributed by atoms with Crippen molar-refractivity contribution in [3.63, 3.8) is 0 Å². The highest BCUT2D eigenvalue weighted by molar-refractivity contribution is 7.87. The molecule has 2 N–H and O–H groups in total. The maximum atomic E-state index is 12.2. The highest BCUT2D eigenvalue weighted by Crippen LogP contribution is 2.20. The van der Waals surface area contributed by atoms with Crippen molar-refractivity contribution < 1.29 is 18.3 Å². The van der Waals surface area contributed by atoms with Crippen LogP contribution in [0.1, 0.15) is 32.1 Å². The fraction of sp³-hybridized carbons (Fsp3) is 0.750. The van der Waals surface area contributed by atoms with Crippen LogP contribution in [0.15, 0.2) is 12.2 Å². The summed E-state index contributed by atoms with van der Waals surface area (Å²) in [7, 11) is -3.50. The minimum Gasteiger partial charge on any atom is -0.481 e. The number of nitrogens with zero attached hydrogens (tertiary/aromatic N) is 1. The lowest BCUT2D eigenvalue weighted by molar-refractivity contribution is -0.140. The Balaban J connectivity index is 1.94. The Morgan fingerprint density at radius 3 is 2.32 bits per heavy atom. The SMILES string of the molecule is O=C(O)C1C=CC(NS(=O)(=O)N2CCCCCC2)C1. The van der Waals surface area contributed by atoms with Crippen LogP contribution in [-0.4, -0.2) is 42.9 Å². The number of rotatable bonds is 4. The van der Waals surface area contributed by atoms with Crippen LogP contribution >= 0.6 is 0 Å². The van der Waals surface area contributed by atoms with E-state index in [4.69, 9.17) is 5.11 Å². The smallest absolute Gasteiger partial charge is 0.310 e. The van der Waals surface area contributed by atoms with Gasteiger partial charge < -0.3 is 5.11 Å². The second-order valence-corrected chi connectivity index (χ2v) is 6.81. The van der Waals surface area contributed by atoms with Gasteiger partial charge >= 0.3 is 5.97 Å². The van der Waals surface area contributed by atoms with Crippen molar-refractivity contribution in [2.75, 3.05) is 13.1 Å². The van der Waals surface area contributed by atoms with Crippen molar-refractivity contribution >= 4 is 16.2 Å². The summed E-state index contributed by atoms with van der Waals surface area (Å²) in [4.78, 5) is 10.8. The van der Waals surface area contributed by atoms with Crippen LogP contribution in [0.2, 0.25) is 0 Å². The van der Waals surface area contributed by atoms with Gasteiger partial charge in [-0.05, 0) is 19.3 Å². The largest absolute Gasteiger partial charge is 0.481 e. The van der Waals surface area contributed by atoms with E-state index in [0.717, 1.165) is 25.7 Å². The van der Waals surface area contributed by atoms with Crippen LogP contribution in [0.3, 0.4) is 0 Å². The third kappa shape index (κ3) is 3.77. The van der Waals surface area contributed by atoms with E-state index in [1.54, 1.807) is 12.2 Å². The molecule has 1 heterocycles. The molecule has 108 valence electrons. The Kier molecular flexibility index (Phi) is 4.59. The van der Waals surface area contributed by atoms with Gasteiger partial charge in [-0.1, -0.05) is 25.0 Å². The molecule has 0 aromatic heterocycles. The van der Waals surface area contributed by atoms with E-state index in [-0.39, 0.29) is 0 Å². The van der Waals surface area contributed by atoms with E-state index >= 15 is 0 Å². The Hall–Kier alpha value is -0.920. The molecule has 2 atom stereocenters. The summed E-state index contributed by atoms with van der Waals surface area (Å²) in [5, 5.41) is 8.88. The standard InChI is InChI=1S/C12H20N2O4S/c15-12(16)10-5-6-11(9-10)13-19(17,18)14-7-3-1-2-4-8-14/h5-6,10-11,13H,1-4,7-9H2,(H,15,16). The van der Waals surface area contributed by atoms with E-state index in [1.807, 2.05) is 0 Å². The van der Waals surface area contributed by atoms with Crippen molar-refractivity contribution in [2.24, 2.45) is 5.92 Å². The highest BCUT2D eigenvalue weighted by Gasteiger charge is 2.30. The number of carbonyl (C=O) groups is 1. The zero-order chi connectivity index (χ0) is 13.9. The Labute approximate surface area is 113 Å². The predicted octanol–water partition coefficient (Wildman–Crippen LogP) is 0.726. The van der Waals surface area contributed by atoms with Crippen molar-refractivity contribution in [1.82, 2.24) is 9.03 Å². The maximum absolute atomic E-state index is 12.2. The Bertz CT molecular complexity index is 452. The highest BCUT2D eigenvalue weighted by atomic mass is 32.2. The van der Waals surface area contributed by atoms with Gasteiger partial charge in [0.1, 0.15) is 0 Å². The summed E-state index contributed by atoms with van der Waals surface area (Å²) < 4.78 is 28.5. The van der Waals surface area contributed by atoms with E-state index in [1.165, 1.54) is 4.31 Å². The number of aliphatic carboxylic acids is 1. The molecule has 7 heteroatoms. The summed E-state index contributed by atoms with van der Waals surface area (Å²) in [6, 6.07) is -0.408. The van der Waals surface area contributed by atoms with Crippen molar-refractivity contribution in [2.45, 2.75) is 38.1 Å². The monoisotopic (exact) mass is 288 g/mol. The van der Waals surface area contributed by atoms with Gasteiger partial charge in [0.2, 0.25) is 0 Å². The van der Waals surface area contributed by atoms with Gasteiger partial charge in [0.25, 0.3) is 10.2 Å². The van der Waals surface area contributed by atoms with Gasteiger partial charge in [0.15, 0.2) is 0 Å². The molecule has 0 aromatic carbocycles. The molecule has 2 rings (SSSR count). The molecule has 0 saturated carbocycles. The summed E-state index contributed by atoms with van der Waals surface area (Å²) in [5.41, 5.74) is 0.